The van der Waals surface area contributed by atoms with Crippen LogP contribution in [0.25, 0.3) is 10.9 Å². The zero-order chi connectivity index (χ0) is 24.8. The predicted octanol–water partition coefficient (Wildman–Crippen LogP) is 3.59. The van der Waals surface area contributed by atoms with Gasteiger partial charge < -0.3 is 24.7 Å². The van der Waals surface area contributed by atoms with Gasteiger partial charge in [-0.25, -0.2) is 0 Å². The fraction of sp³-hybridized carbons (Fsp3) is 0.556. The number of halogens is 1. The lowest BCUT2D eigenvalue weighted by Gasteiger charge is -2.67. The number of nitrogens with one attached hydrogen (secondary N) is 1. The van der Waals surface area contributed by atoms with Crippen molar-refractivity contribution < 1.29 is 29.3 Å². The summed E-state index contributed by atoms with van der Waals surface area (Å²) in [5.41, 5.74) is -1.62. The molecular weight excluding hydrogens is 470 g/mol. The Balaban J connectivity index is 1.44. The van der Waals surface area contributed by atoms with Gasteiger partial charge in [-0.2, -0.15) is 0 Å². The van der Waals surface area contributed by atoms with E-state index in [1.165, 1.54) is 13.0 Å². The van der Waals surface area contributed by atoms with E-state index in [2.05, 4.69) is 11.9 Å². The topological polar surface area (TPSA) is 109 Å². The first kappa shape index (κ1) is 22.2. The highest BCUT2D eigenvalue weighted by molar-refractivity contribution is 6.31. The molecule has 0 amide bonds. The number of carbonyl (C=O) groups is 2. The predicted molar refractivity (Wildman–Crippen MR) is 127 cm³/mol. The molecule has 2 aliphatic heterocycles. The Hall–Kier alpha value is -2.03. The molecule has 7 nitrogen and oxygen atoms in total. The third-order valence-corrected chi connectivity index (χ3v) is 10.5. The second-order valence-electron chi connectivity index (χ2n) is 11.8. The highest BCUT2D eigenvalue weighted by Gasteiger charge is 2.75. The fourth-order valence-corrected chi connectivity index (χ4v) is 8.27. The number of aromatic nitrogens is 1. The van der Waals surface area contributed by atoms with E-state index in [4.69, 9.17) is 21.1 Å². The zero-order valence-electron chi connectivity index (χ0n) is 19.9. The second kappa shape index (κ2) is 6.26. The Morgan fingerprint density at radius 1 is 1.11 bits per heavy atom. The molecule has 1 aromatic carbocycles. The molecule has 3 fully saturated rings. The van der Waals surface area contributed by atoms with Crippen LogP contribution < -0.4 is 0 Å². The Morgan fingerprint density at radius 2 is 1.89 bits per heavy atom. The van der Waals surface area contributed by atoms with Crippen LogP contribution in [0.5, 0.6) is 0 Å². The highest BCUT2D eigenvalue weighted by Crippen LogP contribution is 2.71. The number of H-pyrrole nitrogens is 1. The summed E-state index contributed by atoms with van der Waals surface area (Å²) < 4.78 is 12.3. The van der Waals surface area contributed by atoms with E-state index in [-0.39, 0.29) is 24.1 Å². The van der Waals surface area contributed by atoms with Gasteiger partial charge in [0.05, 0.1) is 12.2 Å². The van der Waals surface area contributed by atoms with Gasteiger partial charge in [-0.15, -0.1) is 0 Å². The third-order valence-electron chi connectivity index (χ3n) is 10.2. The van der Waals surface area contributed by atoms with Crippen molar-refractivity contribution in [1.82, 2.24) is 4.98 Å². The normalized spacial score (nSPS) is 46.1. The minimum atomic E-state index is -1.43. The van der Waals surface area contributed by atoms with E-state index in [9.17, 15) is 19.8 Å². The Bertz CT molecular complexity index is 1390. The van der Waals surface area contributed by atoms with Crippen LogP contribution in [-0.4, -0.2) is 56.5 Å². The largest absolute Gasteiger partial charge is 0.385 e. The average molecular weight is 498 g/mol. The molecule has 1 saturated heterocycles. The highest BCUT2D eigenvalue weighted by atomic mass is 35.5. The van der Waals surface area contributed by atoms with Gasteiger partial charge in [-0.3, -0.25) is 9.59 Å². The molecule has 7 atom stereocenters. The van der Waals surface area contributed by atoms with E-state index in [0.717, 1.165) is 16.6 Å². The van der Waals surface area contributed by atoms with Crippen molar-refractivity contribution in [2.24, 2.45) is 11.3 Å². The summed E-state index contributed by atoms with van der Waals surface area (Å²) in [5.74, 6) is -1.81. The molecular formula is C27H28ClNO6. The number of benzene rings is 1. The molecule has 35 heavy (non-hydrogen) atoms. The molecule has 3 N–H and O–H groups in total. The van der Waals surface area contributed by atoms with E-state index in [1.54, 1.807) is 6.07 Å². The number of hydrogen-bond donors (Lipinski definition) is 3. The van der Waals surface area contributed by atoms with Crippen molar-refractivity contribution in [2.45, 2.75) is 75.0 Å². The summed E-state index contributed by atoms with van der Waals surface area (Å²) in [7, 11) is 0. The van der Waals surface area contributed by atoms with Gasteiger partial charge in [0.15, 0.2) is 23.5 Å². The Morgan fingerprint density at radius 3 is 2.66 bits per heavy atom. The zero-order valence-corrected chi connectivity index (χ0v) is 20.7. The maximum atomic E-state index is 13.8. The molecule has 5 aliphatic rings. The third kappa shape index (κ3) is 2.29. The Kier molecular flexibility index (Phi) is 3.97. The van der Waals surface area contributed by atoms with E-state index in [0.29, 0.717) is 41.8 Å². The molecule has 3 heterocycles. The lowest BCUT2D eigenvalue weighted by molar-refractivity contribution is -0.349. The van der Waals surface area contributed by atoms with Gasteiger partial charge in [-0.05, 0) is 44.4 Å². The van der Waals surface area contributed by atoms with Crippen LogP contribution in [0, 0.1) is 11.3 Å². The van der Waals surface area contributed by atoms with Crippen LogP contribution in [0.3, 0.4) is 0 Å². The molecule has 0 unspecified atom stereocenters. The molecule has 1 spiro atoms. The number of fused-ring (bicyclic) bond motifs is 9. The van der Waals surface area contributed by atoms with Crippen LogP contribution >= 0.6 is 11.6 Å². The van der Waals surface area contributed by atoms with Crippen LogP contribution in [0.1, 0.15) is 62.5 Å². The van der Waals surface area contributed by atoms with Crippen molar-refractivity contribution in [3.05, 3.63) is 46.1 Å². The van der Waals surface area contributed by atoms with Gasteiger partial charge in [0.2, 0.25) is 0 Å². The molecule has 1 aromatic heterocycles. The van der Waals surface area contributed by atoms with Gasteiger partial charge in [0.1, 0.15) is 5.60 Å². The maximum absolute atomic E-state index is 13.8. The lowest BCUT2D eigenvalue weighted by atomic mass is 9.42. The number of hydrogen-bond acceptors (Lipinski definition) is 6. The van der Waals surface area contributed by atoms with Crippen molar-refractivity contribution in [3.8, 4) is 0 Å². The van der Waals surface area contributed by atoms with Crippen LogP contribution in [-0.2, 0) is 19.7 Å². The monoisotopic (exact) mass is 497 g/mol. The smallest absolute Gasteiger partial charge is 0.195 e. The molecule has 2 saturated carbocycles. The molecule has 3 aliphatic carbocycles. The van der Waals surface area contributed by atoms with Gasteiger partial charge in [0, 0.05) is 55.9 Å². The first-order chi connectivity index (χ1) is 16.4. The SMILES string of the molecule is C[C@]12CC[C@@]34OC[C@@](C)(O)[C@@H](O3)C(=O)C=C4[C@]1(O)CC[C@H]1C(=O)c3c([nH]c4cc(Cl)ccc34)[C@@]12C. The molecule has 184 valence electrons. The number of carbonyl (C=O) groups excluding carboxylic acids is 2. The number of aliphatic hydroxyl groups is 2. The standard InChI is InChI=1S/C27H28ClNO6/c1-23(32)12-34-27-9-8-24(2)25(3)15(6-7-26(24,33)18(27)11-17(30)22(23)35-27)20(31)19-14-5-4-13(28)10-16(14)29-21(19)25/h4-5,10-11,15,22,29,32-33H,6-9,12H2,1-3H3/t15-,22-,23+,24+,25+,26+,27+/m0/s1. The van der Waals surface area contributed by atoms with E-state index < -0.39 is 33.9 Å². The summed E-state index contributed by atoms with van der Waals surface area (Å²) in [4.78, 5) is 30.4. The van der Waals surface area contributed by atoms with Gasteiger partial charge in [0.25, 0.3) is 0 Å². The lowest BCUT2D eigenvalue weighted by Crippen LogP contribution is -2.74. The van der Waals surface area contributed by atoms with Gasteiger partial charge in [-0.1, -0.05) is 31.5 Å². The van der Waals surface area contributed by atoms with Crippen molar-refractivity contribution in [2.75, 3.05) is 6.61 Å². The number of aromatic amines is 1. The number of ether oxygens (including phenoxy) is 2. The first-order valence-corrected chi connectivity index (χ1v) is 12.6. The van der Waals surface area contributed by atoms with E-state index in [1.807, 2.05) is 19.1 Å². The molecule has 2 bridgehead atoms. The van der Waals surface area contributed by atoms with Crippen molar-refractivity contribution in [3.63, 3.8) is 0 Å². The van der Waals surface area contributed by atoms with Crippen LogP contribution in [0.15, 0.2) is 29.8 Å². The quantitative estimate of drug-likeness (QED) is 0.513. The van der Waals surface area contributed by atoms with Crippen LogP contribution in [0.2, 0.25) is 5.02 Å². The van der Waals surface area contributed by atoms with E-state index >= 15 is 0 Å². The summed E-state index contributed by atoms with van der Waals surface area (Å²) in [6.07, 6.45) is 2.14. The second-order valence-corrected chi connectivity index (χ2v) is 12.2. The van der Waals surface area contributed by atoms with Gasteiger partial charge >= 0.3 is 0 Å². The fourth-order valence-electron chi connectivity index (χ4n) is 8.10. The average Bonchev–Trinajstić information content (AvgIpc) is 3.28. The minimum Gasteiger partial charge on any atom is -0.385 e. The molecule has 8 heteroatoms. The van der Waals surface area contributed by atoms with Crippen LogP contribution in [0.4, 0.5) is 0 Å². The summed E-state index contributed by atoms with van der Waals surface area (Å²) >= 11 is 6.24. The van der Waals surface area contributed by atoms with Crippen molar-refractivity contribution >= 4 is 34.1 Å². The number of ketones is 2. The van der Waals surface area contributed by atoms with Crippen molar-refractivity contribution in [1.29, 1.82) is 0 Å². The maximum Gasteiger partial charge on any atom is 0.195 e. The summed E-state index contributed by atoms with van der Waals surface area (Å²) in [6, 6.07) is 5.50. The molecule has 0 radical (unpaired) electrons. The number of Topliss-reactive ketones (excluding diaryl/α,β-unsaturated/α-hetero) is 1. The summed E-state index contributed by atoms with van der Waals surface area (Å²) in [5, 5.41) is 24.7. The minimum absolute atomic E-state index is 0.0567. The summed E-state index contributed by atoms with van der Waals surface area (Å²) in [6.45, 7) is 5.58. The molecule has 7 rings (SSSR count). The Labute approximate surface area is 207 Å². The first-order valence-electron chi connectivity index (χ1n) is 12.3. The molecule has 2 aromatic rings. The number of rotatable bonds is 0.